The smallest absolute Gasteiger partial charge is 0.321 e. The predicted octanol–water partition coefficient (Wildman–Crippen LogP) is 2.49. The molecular weight excluding hydrogens is 416 g/mol. The highest BCUT2D eigenvalue weighted by molar-refractivity contribution is 8.00. The summed E-state index contributed by atoms with van der Waals surface area (Å²) >= 11 is 1.23. The lowest BCUT2D eigenvalue weighted by molar-refractivity contribution is -0.119. The minimum Gasteiger partial charge on any atom is -0.383 e. The van der Waals surface area contributed by atoms with Gasteiger partial charge in [0.15, 0.2) is 11.0 Å². The molecule has 1 aromatic carbocycles. The Labute approximate surface area is 184 Å². The molecule has 0 saturated heterocycles. The van der Waals surface area contributed by atoms with E-state index in [-0.39, 0.29) is 0 Å². The number of pyridine rings is 1. The van der Waals surface area contributed by atoms with E-state index in [1.54, 1.807) is 26.4 Å². The number of aromatic nitrogens is 4. The summed E-state index contributed by atoms with van der Waals surface area (Å²) in [6, 6.07) is 12.6. The average Bonchev–Trinajstić information content (AvgIpc) is 3.19. The van der Waals surface area contributed by atoms with E-state index in [9.17, 15) is 9.59 Å². The van der Waals surface area contributed by atoms with Crippen LogP contribution in [-0.2, 0) is 22.6 Å². The first-order valence-electron chi connectivity index (χ1n) is 9.70. The van der Waals surface area contributed by atoms with Crippen molar-refractivity contribution in [1.29, 1.82) is 0 Å². The number of hydrogen-bond donors (Lipinski definition) is 2. The van der Waals surface area contributed by atoms with E-state index in [2.05, 4.69) is 25.8 Å². The van der Waals surface area contributed by atoms with Gasteiger partial charge in [0.25, 0.3) is 0 Å². The number of nitrogens with one attached hydrogen (secondary N) is 2. The van der Waals surface area contributed by atoms with Gasteiger partial charge in [0, 0.05) is 31.6 Å². The number of benzene rings is 1. The van der Waals surface area contributed by atoms with Crippen molar-refractivity contribution in [1.82, 2.24) is 30.4 Å². The summed E-state index contributed by atoms with van der Waals surface area (Å²) in [7, 11) is 1.62. The van der Waals surface area contributed by atoms with Gasteiger partial charge in [-0.3, -0.25) is 19.7 Å². The van der Waals surface area contributed by atoms with Gasteiger partial charge in [-0.25, -0.2) is 4.79 Å². The second kappa shape index (κ2) is 11.2. The second-order valence-corrected chi connectivity index (χ2v) is 7.91. The summed E-state index contributed by atoms with van der Waals surface area (Å²) in [5.41, 5.74) is 1.81. The highest BCUT2D eigenvalue weighted by Gasteiger charge is 2.22. The molecular formula is C21H24N6O3S. The van der Waals surface area contributed by atoms with Crippen LogP contribution in [-0.4, -0.2) is 50.7 Å². The number of carbonyl (C=O) groups excluding carboxylic acids is 2. The van der Waals surface area contributed by atoms with E-state index in [0.29, 0.717) is 30.7 Å². The minimum atomic E-state index is -0.557. The Hall–Kier alpha value is -3.24. The highest BCUT2D eigenvalue weighted by Crippen LogP contribution is 2.26. The van der Waals surface area contributed by atoms with Crippen molar-refractivity contribution in [2.75, 3.05) is 13.7 Å². The Morgan fingerprint density at radius 2 is 1.87 bits per heavy atom. The van der Waals surface area contributed by atoms with Crippen molar-refractivity contribution in [3.05, 3.63) is 60.4 Å². The number of amides is 3. The molecule has 3 aromatic rings. The third kappa shape index (κ3) is 6.37. The second-order valence-electron chi connectivity index (χ2n) is 6.60. The molecule has 2 aromatic heterocycles. The summed E-state index contributed by atoms with van der Waals surface area (Å²) in [6.45, 7) is 3.04. The van der Waals surface area contributed by atoms with Gasteiger partial charge >= 0.3 is 6.03 Å². The van der Waals surface area contributed by atoms with Crippen molar-refractivity contribution < 1.29 is 14.3 Å². The van der Waals surface area contributed by atoms with Crippen LogP contribution in [0.2, 0.25) is 0 Å². The Morgan fingerprint density at radius 3 is 2.58 bits per heavy atom. The Bertz CT molecular complexity index is 997. The number of methoxy groups -OCH3 is 1. The Kier molecular flexibility index (Phi) is 8.13. The first-order valence-corrected chi connectivity index (χ1v) is 10.6. The lowest BCUT2D eigenvalue weighted by atomic mass is 10.2. The van der Waals surface area contributed by atoms with E-state index in [1.807, 2.05) is 47.0 Å². The molecule has 162 valence electrons. The number of imide groups is 1. The van der Waals surface area contributed by atoms with Crippen LogP contribution in [0.25, 0.3) is 11.4 Å². The zero-order valence-corrected chi connectivity index (χ0v) is 18.1. The van der Waals surface area contributed by atoms with Crippen LogP contribution in [0, 0.1) is 0 Å². The molecule has 0 radical (unpaired) electrons. The number of thioether (sulfide) groups is 1. The summed E-state index contributed by atoms with van der Waals surface area (Å²) in [5, 5.41) is 13.6. The Balaban J connectivity index is 1.62. The van der Waals surface area contributed by atoms with E-state index < -0.39 is 17.2 Å². The van der Waals surface area contributed by atoms with E-state index >= 15 is 0 Å². The molecule has 9 nitrogen and oxygen atoms in total. The van der Waals surface area contributed by atoms with Crippen LogP contribution < -0.4 is 10.6 Å². The van der Waals surface area contributed by atoms with Gasteiger partial charge in [0.1, 0.15) is 0 Å². The molecule has 0 aliphatic carbocycles. The number of nitrogens with zero attached hydrogens (tertiary/aromatic N) is 4. The maximum absolute atomic E-state index is 12.5. The standard InChI is InChI=1S/C21H24N6O3S/c1-15(19(28)24-20(29)23-14-16-6-4-3-5-7-16)31-21-26-25-18(27(21)12-13-30-2)17-8-10-22-11-9-17/h3-11,15H,12-14H2,1-2H3,(H2,23,24,28,29). The molecule has 0 fully saturated rings. The fourth-order valence-corrected chi connectivity index (χ4v) is 3.60. The molecule has 0 bridgehead atoms. The summed E-state index contributed by atoms with van der Waals surface area (Å²) in [6.07, 6.45) is 3.36. The first-order chi connectivity index (χ1) is 15.1. The molecule has 3 rings (SSSR count). The van der Waals surface area contributed by atoms with Crippen molar-refractivity contribution in [3.63, 3.8) is 0 Å². The molecule has 1 atom stereocenters. The van der Waals surface area contributed by atoms with Gasteiger partial charge in [-0.1, -0.05) is 42.1 Å². The number of hydrogen-bond acceptors (Lipinski definition) is 7. The van der Waals surface area contributed by atoms with Crippen LogP contribution in [0.15, 0.2) is 60.0 Å². The molecule has 0 spiro atoms. The molecule has 2 heterocycles. The zero-order valence-electron chi connectivity index (χ0n) is 17.3. The van der Waals surface area contributed by atoms with Crippen molar-refractivity contribution >= 4 is 23.7 Å². The molecule has 0 saturated carbocycles. The normalized spacial score (nSPS) is 11.7. The number of urea groups is 1. The zero-order chi connectivity index (χ0) is 22.1. The number of ether oxygens (including phenoxy) is 1. The number of carbonyl (C=O) groups is 2. The lowest BCUT2D eigenvalue weighted by Crippen LogP contribution is -2.42. The average molecular weight is 441 g/mol. The fraction of sp³-hybridized carbons (Fsp3) is 0.286. The van der Waals surface area contributed by atoms with E-state index in [1.165, 1.54) is 11.8 Å². The topological polar surface area (TPSA) is 111 Å². The third-order valence-electron chi connectivity index (χ3n) is 4.36. The number of rotatable bonds is 9. The van der Waals surface area contributed by atoms with E-state index in [4.69, 9.17) is 4.74 Å². The maximum Gasteiger partial charge on any atom is 0.321 e. The molecule has 31 heavy (non-hydrogen) atoms. The van der Waals surface area contributed by atoms with Crippen LogP contribution >= 0.6 is 11.8 Å². The quantitative estimate of drug-likeness (QED) is 0.492. The van der Waals surface area contributed by atoms with Gasteiger partial charge in [-0.05, 0) is 24.6 Å². The predicted molar refractivity (Wildman–Crippen MR) is 117 cm³/mol. The highest BCUT2D eigenvalue weighted by atomic mass is 32.2. The monoisotopic (exact) mass is 440 g/mol. The van der Waals surface area contributed by atoms with Gasteiger partial charge in [-0.2, -0.15) is 0 Å². The molecule has 1 unspecified atom stereocenters. The Morgan fingerprint density at radius 1 is 1.13 bits per heavy atom. The van der Waals surface area contributed by atoms with Crippen LogP contribution in [0.3, 0.4) is 0 Å². The van der Waals surface area contributed by atoms with Crippen molar-refractivity contribution in [2.24, 2.45) is 0 Å². The van der Waals surface area contributed by atoms with Gasteiger partial charge in [0.2, 0.25) is 5.91 Å². The third-order valence-corrected chi connectivity index (χ3v) is 5.44. The lowest BCUT2D eigenvalue weighted by Gasteiger charge is -2.13. The molecule has 0 aliphatic heterocycles. The molecule has 0 aliphatic rings. The summed E-state index contributed by atoms with van der Waals surface area (Å²) < 4.78 is 7.09. The molecule has 2 N–H and O–H groups in total. The SMILES string of the molecule is COCCn1c(SC(C)C(=O)NC(=O)NCc2ccccc2)nnc1-c1ccncc1. The molecule has 10 heteroatoms. The largest absolute Gasteiger partial charge is 0.383 e. The van der Waals surface area contributed by atoms with Gasteiger partial charge < -0.3 is 10.1 Å². The maximum atomic E-state index is 12.5. The van der Waals surface area contributed by atoms with Crippen LogP contribution in [0.4, 0.5) is 4.79 Å². The van der Waals surface area contributed by atoms with Crippen molar-refractivity contribution in [2.45, 2.75) is 30.4 Å². The van der Waals surface area contributed by atoms with Crippen LogP contribution in [0.5, 0.6) is 0 Å². The van der Waals surface area contributed by atoms with Gasteiger partial charge in [0.05, 0.1) is 18.4 Å². The summed E-state index contributed by atoms with van der Waals surface area (Å²) in [4.78, 5) is 28.6. The van der Waals surface area contributed by atoms with Crippen molar-refractivity contribution in [3.8, 4) is 11.4 Å². The minimum absolute atomic E-state index is 0.335. The molecule has 3 amide bonds. The summed E-state index contributed by atoms with van der Waals surface area (Å²) in [5.74, 6) is 0.248. The van der Waals surface area contributed by atoms with Gasteiger partial charge in [-0.15, -0.1) is 10.2 Å². The first kappa shape index (κ1) is 22.4. The van der Waals surface area contributed by atoms with Crippen LogP contribution in [0.1, 0.15) is 12.5 Å². The fourth-order valence-electron chi connectivity index (χ4n) is 2.72. The van der Waals surface area contributed by atoms with E-state index in [0.717, 1.165) is 11.1 Å².